The molecule has 3 rings (SSSR count). The molecule has 0 saturated heterocycles. The number of rotatable bonds is 5. The number of nitrogens with zero attached hydrogens (tertiary/aromatic N) is 2. The first kappa shape index (κ1) is 17.4. The van der Waals surface area contributed by atoms with Crippen molar-refractivity contribution in [3.8, 4) is 0 Å². The number of nitrogens with one attached hydrogen (secondary N) is 2. The molecule has 0 aliphatic carbocycles. The van der Waals surface area contributed by atoms with Gasteiger partial charge in [-0.05, 0) is 36.8 Å². The second-order valence-electron chi connectivity index (χ2n) is 5.97. The molecule has 0 aliphatic rings. The first-order chi connectivity index (χ1) is 12.6. The van der Waals surface area contributed by atoms with Crippen molar-refractivity contribution in [1.82, 2.24) is 14.9 Å². The number of carbonyl (C=O) groups is 1. The summed E-state index contributed by atoms with van der Waals surface area (Å²) < 4.78 is 1.57. The van der Waals surface area contributed by atoms with Crippen molar-refractivity contribution in [1.29, 1.82) is 0 Å². The number of anilines is 1. The summed E-state index contributed by atoms with van der Waals surface area (Å²) in [4.78, 5) is 28.7. The number of urea groups is 1. The van der Waals surface area contributed by atoms with Crippen LogP contribution in [0.1, 0.15) is 16.8 Å². The lowest BCUT2D eigenvalue weighted by atomic mass is 10.1. The van der Waals surface area contributed by atoms with E-state index in [1.807, 2.05) is 49.4 Å². The number of hydrogen-bond acceptors (Lipinski definition) is 3. The van der Waals surface area contributed by atoms with Crippen molar-refractivity contribution in [3.05, 3.63) is 94.2 Å². The fourth-order valence-corrected chi connectivity index (χ4v) is 2.49. The molecule has 0 bridgehead atoms. The molecule has 0 aliphatic heterocycles. The number of aromatic nitrogens is 2. The average molecular weight is 348 g/mol. The van der Waals surface area contributed by atoms with Gasteiger partial charge in [-0.2, -0.15) is 0 Å². The molecule has 0 radical (unpaired) electrons. The van der Waals surface area contributed by atoms with E-state index in [1.165, 1.54) is 5.56 Å². The SMILES string of the molecule is Cc1ccc(Cn2cccc(NC(=O)NCc3ccccn3)c2=O)cc1. The number of pyridine rings is 2. The molecular weight excluding hydrogens is 328 g/mol. The first-order valence-electron chi connectivity index (χ1n) is 8.31. The fourth-order valence-electron chi connectivity index (χ4n) is 2.49. The van der Waals surface area contributed by atoms with Crippen molar-refractivity contribution in [3.63, 3.8) is 0 Å². The number of amides is 2. The zero-order valence-electron chi connectivity index (χ0n) is 14.5. The molecule has 2 amide bonds. The van der Waals surface area contributed by atoms with Crippen molar-refractivity contribution in [2.24, 2.45) is 0 Å². The monoisotopic (exact) mass is 348 g/mol. The van der Waals surface area contributed by atoms with Crippen LogP contribution in [0.15, 0.2) is 71.8 Å². The molecule has 26 heavy (non-hydrogen) atoms. The van der Waals surface area contributed by atoms with Crippen molar-refractivity contribution >= 4 is 11.7 Å². The maximum Gasteiger partial charge on any atom is 0.319 e. The quantitative estimate of drug-likeness (QED) is 0.744. The van der Waals surface area contributed by atoms with E-state index >= 15 is 0 Å². The molecule has 0 spiro atoms. The molecule has 2 N–H and O–H groups in total. The van der Waals surface area contributed by atoms with E-state index in [0.29, 0.717) is 6.54 Å². The minimum Gasteiger partial charge on any atom is -0.332 e. The van der Waals surface area contributed by atoms with Crippen LogP contribution < -0.4 is 16.2 Å². The van der Waals surface area contributed by atoms with Crippen molar-refractivity contribution < 1.29 is 4.79 Å². The van der Waals surface area contributed by atoms with Crippen LogP contribution in [-0.4, -0.2) is 15.6 Å². The van der Waals surface area contributed by atoms with E-state index in [4.69, 9.17) is 0 Å². The van der Waals surface area contributed by atoms with E-state index in [9.17, 15) is 9.59 Å². The number of hydrogen-bond donors (Lipinski definition) is 2. The standard InChI is InChI=1S/C20H20N4O2/c1-15-7-9-16(10-8-15)14-24-12-4-6-18(19(24)25)23-20(26)22-13-17-5-2-3-11-21-17/h2-12H,13-14H2,1H3,(H2,22,23,26). The van der Waals surface area contributed by atoms with E-state index < -0.39 is 6.03 Å². The average Bonchev–Trinajstić information content (AvgIpc) is 2.66. The van der Waals surface area contributed by atoms with Crippen LogP contribution in [0.2, 0.25) is 0 Å². The molecule has 2 heterocycles. The summed E-state index contributed by atoms with van der Waals surface area (Å²) >= 11 is 0. The molecule has 0 unspecified atom stereocenters. The molecule has 0 atom stereocenters. The second-order valence-corrected chi connectivity index (χ2v) is 5.97. The highest BCUT2D eigenvalue weighted by Crippen LogP contribution is 2.06. The molecule has 132 valence electrons. The summed E-state index contributed by atoms with van der Waals surface area (Å²) in [6, 6.07) is 16.4. The van der Waals surface area contributed by atoms with E-state index in [-0.39, 0.29) is 17.8 Å². The maximum atomic E-state index is 12.6. The van der Waals surface area contributed by atoms with Crippen LogP contribution >= 0.6 is 0 Å². The van der Waals surface area contributed by atoms with E-state index in [0.717, 1.165) is 11.3 Å². The Balaban J connectivity index is 1.65. The zero-order valence-corrected chi connectivity index (χ0v) is 14.5. The highest BCUT2D eigenvalue weighted by Gasteiger charge is 2.08. The highest BCUT2D eigenvalue weighted by molar-refractivity contribution is 5.88. The molecule has 0 fully saturated rings. The minimum atomic E-state index is -0.444. The Hall–Kier alpha value is -3.41. The summed E-state index contributed by atoms with van der Waals surface area (Å²) in [5, 5.41) is 5.29. The summed E-state index contributed by atoms with van der Waals surface area (Å²) in [5.41, 5.74) is 2.92. The summed E-state index contributed by atoms with van der Waals surface area (Å²) in [5.74, 6) is 0. The third-order valence-electron chi connectivity index (χ3n) is 3.90. The number of carbonyl (C=O) groups excluding carboxylic acids is 1. The van der Waals surface area contributed by atoms with Gasteiger partial charge in [0.05, 0.1) is 18.8 Å². The molecule has 1 aromatic carbocycles. The summed E-state index contributed by atoms with van der Waals surface area (Å²) in [7, 11) is 0. The van der Waals surface area contributed by atoms with Crippen molar-refractivity contribution in [2.45, 2.75) is 20.0 Å². The lowest BCUT2D eigenvalue weighted by Crippen LogP contribution is -2.32. The Kier molecular flexibility index (Phi) is 5.43. The lowest BCUT2D eigenvalue weighted by molar-refractivity contribution is 0.251. The van der Waals surface area contributed by atoms with E-state index in [2.05, 4.69) is 15.6 Å². The fraction of sp³-hybridized carbons (Fsp3) is 0.150. The van der Waals surface area contributed by atoms with Gasteiger partial charge in [-0.3, -0.25) is 9.78 Å². The Morgan fingerprint density at radius 2 is 1.88 bits per heavy atom. The Bertz CT molecular complexity index is 934. The van der Waals surface area contributed by atoms with Gasteiger partial charge in [-0.15, -0.1) is 0 Å². The normalized spacial score (nSPS) is 10.3. The third-order valence-corrected chi connectivity index (χ3v) is 3.90. The van der Waals surface area contributed by atoms with Crippen molar-refractivity contribution in [2.75, 3.05) is 5.32 Å². The van der Waals surface area contributed by atoms with Gasteiger partial charge in [-0.1, -0.05) is 35.9 Å². The largest absolute Gasteiger partial charge is 0.332 e. The maximum absolute atomic E-state index is 12.6. The number of benzene rings is 1. The predicted octanol–water partition coefficient (Wildman–Crippen LogP) is 2.92. The first-order valence-corrected chi connectivity index (χ1v) is 8.31. The van der Waals surface area contributed by atoms with Crippen LogP contribution in [0.3, 0.4) is 0 Å². The Morgan fingerprint density at radius 3 is 2.62 bits per heavy atom. The molecule has 6 nitrogen and oxygen atoms in total. The van der Waals surface area contributed by atoms with Gasteiger partial charge in [0.1, 0.15) is 5.69 Å². The van der Waals surface area contributed by atoms with E-state index in [1.54, 1.807) is 29.1 Å². The molecule has 2 aromatic heterocycles. The van der Waals surface area contributed by atoms with Gasteiger partial charge in [0, 0.05) is 12.4 Å². The van der Waals surface area contributed by atoms with Gasteiger partial charge in [0.25, 0.3) is 5.56 Å². The topological polar surface area (TPSA) is 76.0 Å². The Morgan fingerprint density at radius 1 is 1.08 bits per heavy atom. The zero-order chi connectivity index (χ0) is 18.4. The molecule has 0 saturated carbocycles. The molecular formula is C20H20N4O2. The Labute approximate surface area is 151 Å². The van der Waals surface area contributed by atoms with Gasteiger partial charge >= 0.3 is 6.03 Å². The number of aryl methyl sites for hydroxylation is 1. The predicted molar refractivity (Wildman–Crippen MR) is 101 cm³/mol. The van der Waals surface area contributed by atoms with Crippen LogP contribution in [-0.2, 0) is 13.1 Å². The summed E-state index contributed by atoms with van der Waals surface area (Å²) in [6.07, 6.45) is 3.37. The van der Waals surface area contributed by atoms with Gasteiger partial charge in [-0.25, -0.2) is 4.79 Å². The molecule has 3 aromatic rings. The van der Waals surface area contributed by atoms with Gasteiger partial charge in [0.15, 0.2) is 0 Å². The summed E-state index contributed by atoms with van der Waals surface area (Å²) in [6.45, 7) is 2.76. The highest BCUT2D eigenvalue weighted by atomic mass is 16.2. The third kappa shape index (κ3) is 4.57. The van der Waals surface area contributed by atoms with Crippen LogP contribution in [0.5, 0.6) is 0 Å². The van der Waals surface area contributed by atoms with Gasteiger partial charge < -0.3 is 15.2 Å². The second kappa shape index (κ2) is 8.11. The smallest absolute Gasteiger partial charge is 0.319 e. The lowest BCUT2D eigenvalue weighted by Gasteiger charge is -2.10. The van der Waals surface area contributed by atoms with Crippen LogP contribution in [0.25, 0.3) is 0 Å². The van der Waals surface area contributed by atoms with Crippen LogP contribution in [0, 0.1) is 6.92 Å². The minimum absolute atomic E-state index is 0.234. The molecule has 6 heteroatoms. The van der Waals surface area contributed by atoms with Gasteiger partial charge in [0.2, 0.25) is 0 Å². The van der Waals surface area contributed by atoms with Crippen LogP contribution in [0.4, 0.5) is 10.5 Å².